The molecule has 3 aromatic heterocycles. The maximum absolute atomic E-state index is 14.8. The predicted molar refractivity (Wildman–Crippen MR) is 137 cm³/mol. The highest BCUT2D eigenvalue weighted by Gasteiger charge is 2.16. The summed E-state index contributed by atoms with van der Waals surface area (Å²) in [6.45, 7) is 0. The molecule has 2 aromatic carbocycles. The third-order valence-electron chi connectivity index (χ3n) is 5.23. The second-order valence-corrected chi connectivity index (χ2v) is 8.93. The summed E-state index contributed by atoms with van der Waals surface area (Å²) in [6.07, 6.45) is 4.77. The summed E-state index contributed by atoms with van der Waals surface area (Å²) in [6, 6.07) is 16.5. The van der Waals surface area contributed by atoms with E-state index in [1.807, 2.05) is 29.9 Å². The van der Waals surface area contributed by atoms with Gasteiger partial charge >= 0.3 is 0 Å². The van der Waals surface area contributed by atoms with Gasteiger partial charge in [-0.1, -0.05) is 18.2 Å². The third-order valence-corrected chi connectivity index (χ3v) is 6.37. The molecule has 0 unspecified atom stereocenters. The van der Waals surface area contributed by atoms with Gasteiger partial charge in [0.25, 0.3) is 0 Å². The first-order valence-corrected chi connectivity index (χ1v) is 11.8. The molecule has 3 heterocycles. The fraction of sp³-hybridized carbons (Fsp3) is 0.0769. The summed E-state index contributed by atoms with van der Waals surface area (Å²) in [5, 5.41) is 5.16. The number of amides is 2. The molecule has 10 heteroatoms. The van der Waals surface area contributed by atoms with E-state index in [1.54, 1.807) is 42.7 Å². The van der Waals surface area contributed by atoms with E-state index in [-0.39, 0.29) is 11.4 Å². The molecule has 36 heavy (non-hydrogen) atoms. The van der Waals surface area contributed by atoms with E-state index in [0.717, 1.165) is 21.5 Å². The van der Waals surface area contributed by atoms with E-state index in [0.29, 0.717) is 17.0 Å². The Morgan fingerprint density at radius 1 is 0.944 bits per heavy atom. The Kier molecular flexibility index (Phi) is 6.42. The minimum absolute atomic E-state index is 0.00531. The number of imidazole rings is 1. The van der Waals surface area contributed by atoms with E-state index in [9.17, 15) is 14.0 Å². The molecule has 0 spiro atoms. The smallest absolute Gasteiger partial charge is 0.233 e. The summed E-state index contributed by atoms with van der Waals surface area (Å²) in [5.41, 5.74) is 1.52. The number of nitrogens with one attached hydrogen (secondary N) is 2. The molecule has 0 saturated heterocycles. The number of nitrogens with zero attached hydrogens (tertiary/aromatic N) is 3. The number of ether oxygens (including phenoxy) is 1. The van der Waals surface area contributed by atoms with Crippen molar-refractivity contribution < 1.29 is 18.7 Å². The zero-order chi connectivity index (χ0) is 25.1. The fourth-order valence-corrected chi connectivity index (χ4v) is 4.67. The Bertz CT molecular complexity index is 1560. The number of hydrogen-bond acceptors (Lipinski definition) is 6. The van der Waals surface area contributed by atoms with Gasteiger partial charge in [0.05, 0.1) is 15.1 Å². The van der Waals surface area contributed by atoms with Crippen molar-refractivity contribution in [3.63, 3.8) is 0 Å². The van der Waals surface area contributed by atoms with Gasteiger partial charge in [-0.05, 0) is 30.3 Å². The monoisotopic (exact) mass is 501 g/mol. The van der Waals surface area contributed by atoms with Crippen molar-refractivity contribution in [2.24, 2.45) is 7.05 Å². The summed E-state index contributed by atoms with van der Waals surface area (Å²) in [5.74, 6) is -0.442. The normalized spacial score (nSPS) is 10.8. The first-order chi connectivity index (χ1) is 17.5. The van der Waals surface area contributed by atoms with Crippen LogP contribution in [-0.4, -0.2) is 26.3 Å². The van der Waals surface area contributed by atoms with Crippen molar-refractivity contribution in [3.05, 3.63) is 85.1 Å². The number of anilines is 2. The number of carbonyl (C=O) groups is 2. The van der Waals surface area contributed by atoms with Crippen LogP contribution in [-0.2, 0) is 16.6 Å². The quantitative estimate of drug-likeness (QED) is 0.283. The first kappa shape index (κ1) is 23.2. The van der Waals surface area contributed by atoms with Crippen LogP contribution in [0.2, 0.25) is 0 Å². The minimum atomic E-state index is -0.660. The molecule has 0 fully saturated rings. The summed E-state index contributed by atoms with van der Waals surface area (Å²) in [7, 11) is 1.91. The Morgan fingerprint density at radius 3 is 2.44 bits per heavy atom. The lowest BCUT2D eigenvalue weighted by atomic mass is 10.2. The molecule has 5 rings (SSSR count). The van der Waals surface area contributed by atoms with Gasteiger partial charge in [-0.2, -0.15) is 0 Å². The average Bonchev–Trinajstić information content (AvgIpc) is 3.47. The standard InChI is InChI=1S/C26H20FN5O3S/c1-32-12-11-29-26(32)22-14-19-25(36-22)21(9-10-28-19)35-20-8-7-17(13-18(20)27)31-24(34)15-23(33)30-16-5-3-2-4-6-16/h2-14H,15H2,1H3,(H,30,33)(H,31,34). The summed E-state index contributed by atoms with van der Waals surface area (Å²) in [4.78, 5) is 34.0. The number of hydrogen-bond donors (Lipinski definition) is 2. The zero-order valence-corrected chi connectivity index (χ0v) is 19.9. The number of aromatic nitrogens is 3. The molecular weight excluding hydrogens is 481 g/mol. The maximum Gasteiger partial charge on any atom is 0.233 e. The van der Waals surface area contributed by atoms with Gasteiger partial charge in [-0.3, -0.25) is 14.6 Å². The molecule has 0 aliphatic heterocycles. The van der Waals surface area contributed by atoms with Crippen molar-refractivity contribution in [1.29, 1.82) is 0 Å². The molecule has 0 atom stereocenters. The fourth-order valence-electron chi connectivity index (χ4n) is 3.57. The van der Waals surface area contributed by atoms with Crippen molar-refractivity contribution >= 4 is 44.7 Å². The minimum Gasteiger partial charge on any atom is -0.453 e. The molecule has 8 nitrogen and oxygen atoms in total. The maximum atomic E-state index is 14.8. The molecule has 0 radical (unpaired) electrons. The third kappa shape index (κ3) is 5.08. The Labute approximate surface area is 209 Å². The van der Waals surface area contributed by atoms with Crippen LogP contribution in [0.1, 0.15) is 6.42 Å². The van der Waals surface area contributed by atoms with Crippen molar-refractivity contribution in [3.8, 4) is 22.2 Å². The topological polar surface area (TPSA) is 98.1 Å². The van der Waals surface area contributed by atoms with Crippen LogP contribution in [0, 0.1) is 5.82 Å². The lowest BCUT2D eigenvalue weighted by Gasteiger charge is -2.10. The molecule has 2 N–H and O–H groups in total. The number of carbonyl (C=O) groups excluding carboxylic acids is 2. The van der Waals surface area contributed by atoms with Gasteiger partial charge < -0.3 is 19.9 Å². The second-order valence-electron chi connectivity index (χ2n) is 7.88. The van der Waals surface area contributed by atoms with Gasteiger partial charge in [-0.15, -0.1) is 11.3 Å². The highest BCUT2D eigenvalue weighted by atomic mass is 32.1. The largest absolute Gasteiger partial charge is 0.453 e. The highest BCUT2D eigenvalue weighted by molar-refractivity contribution is 7.22. The SMILES string of the molecule is Cn1ccnc1-c1cc2nccc(Oc3ccc(NC(=O)CC(=O)Nc4ccccc4)cc3F)c2s1. The Balaban J connectivity index is 1.27. The van der Waals surface area contributed by atoms with Crippen LogP contribution in [0.4, 0.5) is 15.8 Å². The average molecular weight is 502 g/mol. The number of pyridine rings is 1. The summed E-state index contributed by atoms with van der Waals surface area (Å²) < 4.78 is 23.4. The van der Waals surface area contributed by atoms with Crippen LogP contribution in [0.5, 0.6) is 11.5 Å². The number of halogens is 1. The first-order valence-electron chi connectivity index (χ1n) is 10.9. The molecule has 0 aliphatic rings. The molecule has 180 valence electrons. The number of rotatable bonds is 7. The van der Waals surface area contributed by atoms with Crippen LogP contribution < -0.4 is 15.4 Å². The molecular formula is C26H20FN5O3S. The van der Waals surface area contributed by atoms with E-state index in [1.165, 1.54) is 23.5 Å². The van der Waals surface area contributed by atoms with E-state index in [4.69, 9.17) is 4.74 Å². The van der Waals surface area contributed by atoms with E-state index < -0.39 is 24.1 Å². The van der Waals surface area contributed by atoms with E-state index in [2.05, 4.69) is 20.6 Å². The van der Waals surface area contributed by atoms with Gasteiger partial charge in [-0.25, -0.2) is 9.37 Å². The number of benzene rings is 2. The van der Waals surface area contributed by atoms with Gasteiger partial charge in [0.1, 0.15) is 18.0 Å². The lowest BCUT2D eigenvalue weighted by Crippen LogP contribution is -2.21. The van der Waals surface area contributed by atoms with Crippen molar-refractivity contribution in [2.45, 2.75) is 6.42 Å². The van der Waals surface area contributed by atoms with Crippen LogP contribution >= 0.6 is 11.3 Å². The molecule has 0 aliphatic carbocycles. The van der Waals surface area contributed by atoms with Crippen LogP contribution in [0.15, 0.2) is 79.3 Å². The molecule has 5 aromatic rings. The predicted octanol–water partition coefficient (Wildman–Crippen LogP) is 5.60. The van der Waals surface area contributed by atoms with Crippen LogP contribution in [0.25, 0.3) is 20.9 Å². The number of thiophene rings is 1. The Hall–Kier alpha value is -4.57. The molecule has 0 bridgehead atoms. The second kappa shape index (κ2) is 9.96. The number of aryl methyl sites for hydroxylation is 1. The Morgan fingerprint density at radius 2 is 1.72 bits per heavy atom. The van der Waals surface area contributed by atoms with Gasteiger partial charge in [0, 0.05) is 49.1 Å². The van der Waals surface area contributed by atoms with E-state index >= 15 is 0 Å². The molecule has 0 saturated carbocycles. The van der Waals surface area contributed by atoms with Crippen molar-refractivity contribution in [2.75, 3.05) is 10.6 Å². The van der Waals surface area contributed by atoms with Gasteiger partial charge in [0.15, 0.2) is 11.6 Å². The highest BCUT2D eigenvalue weighted by Crippen LogP contribution is 2.39. The van der Waals surface area contributed by atoms with Crippen molar-refractivity contribution in [1.82, 2.24) is 14.5 Å². The lowest BCUT2D eigenvalue weighted by molar-refractivity contribution is -0.123. The molecule has 2 amide bonds. The van der Waals surface area contributed by atoms with Gasteiger partial charge in [0.2, 0.25) is 11.8 Å². The van der Waals surface area contributed by atoms with Crippen LogP contribution in [0.3, 0.4) is 0 Å². The number of fused-ring (bicyclic) bond motifs is 1. The zero-order valence-electron chi connectivity index (χ0n) is 19.1. The summed E-state index contributed by atoms with van der Waals surface area (Å²) >= 11 is 1.45. The number of para-hydroxylation sites is 1.